The van der Waals surface area contributed by atoms with Gasteiger partial charge in [-0.3, -0.25) is 0 Å². The van der Waals surface area contributed by atoms with Gasteiger partial charge in [0, 0.05) is 6.04 Å². The van der Waals surface area contributed by atoms with Crippen molar-refractivity contribution < 1.29 is 0 Å². The van der Waals surface area contributed by atoms with Crippen LogP contribution < -0.4 is 5.73 Å². The summed E-state index contributed by atoms with van der Waals surface area (Å²) in [5.41, 5.74) is 13.0. The van der Waals surface area contributed by atoms with E-state index in [9.17, 15) is 0 Å². The molecule has 0 aliphatic rings. The molecular weight excluding hydrogens is 254 g/mol. The summed E-state index contributed by atoms with van der Waals surface area (Å²) in [6.07, 6.45) is 2.02. The van der Waals surface area contributed by atoms with E-state index in [1.807, 2.05) is 0 Å². The largest absolute Gasteiger partial charge is 0.324 e. The number of nitrogens with two attached hydrogens (primary N) is 1. The second-order valence-corrected chi connectivity index (χ2v) is 6.39. The smallest absolute Gasteiger partial charge is 0.0298 e. The fourth-order valence-electron chi connectivity index (χ4n) is 2.55. The molecule has 0 aliphatic carbocycles. The van der Waals surface area contributed by atoms with Gasteiger partial charge >= 0.3 is 0 Å². The van der Waals surface area contributed by atoms with Gasteiger partial charge in [0.25, 0.3) is 0 Å². The maximum absolute atomic E-state index is 6.34. The summed E-state index contributed by atoms with van der Waals surface area (Å²) in [6.45, 7) is 8.74. The first kappa shape index (κ1) is 15.8. The van der Waals surface area contributed by atoms with Crippen molar-refractivity contribution in [1.29, 1.82) is 0 Å². The molecule has 0 radical (unpaired) electrons. The minimum Gasteiger partial charge on any atom is -0.324 e. The lowest BCUT2D eigenvalue weighted by molar-refractivity contribution is 0.650. The molecule has 0 spiro atoms. The Bertz CT molecular complexity index is 581. The molecule has 2 rings (SSSR count). The molecule has 0 saturated carbocycles. The van der Waals surface area contributed by atoms with Crippen LogP contribution in [0.15, 0.2) is 42.5 Å². The van der Waals surface area contributed by atoms with Gasteiger partial charge in [0.05, 0.1) is 0 Å². The quantitative estimate of drug-likeness (QED) is 0.814. The Morgan fingerprint density at radius 3 is 2.05 bits per heavy atom. The normalized spacial score (nSPS) is 12.7. The van der Waals surface area contributed by atoms with E-state index in [2.05, 4.69) is 70.2 Å². The molecule has 0 aliphatic heterocycles. The Morgan fingerprint density at radius 1 is 0.857 bits per heavy atom. The summed E-state index contributed by atoms with van der Waals surface area (Å²) in [7, 11) is 0. The molecule has 2 aromatic rings. The fraction of sp³-hybridized carbons (Fsp3) is 0.400. The zero-order chi connectivity index (χ0) is 15.4. The van der Waals surface area contributed by atoms with Crippen LogP contribution >= 0.6 is 0 Å². The third kappa shape index (κ3) is 4.18. The van der Waals surface area contributed by atoms with Gasteiger partial charge in [-0.2, -0.15) is 0 Å². The van der Waals surface area contributed by atoms with E-state index in [0.717, 1.165) is 12.8 Å². The topological polar surface area (TPSA) is 26.0 Å². The van der Waals surface area contributed by atoms with Gasteiger partial charge < -0.3 is 5.73 Å². The highest BCUT2D eigenvalue weighted by molar-refractivity contribution is 5.32. The van der Waals surface area contributed by atoms with Crippen molar-refractivity contribution in [2.45, 2.75) is 52.5 Å². The molecule has 0 saturated heterocycles. The lowest BCUT2D eigenvalue weighted by Crippen LogP contribution is -2.11. The molecule has 0 heterocycles. The molecule has 1 unspecified atom stereocenters. The molecule has 0 bridgehead atoms. The van der Waals surface area contributed by atoms with E-state index in [4.69, 9.17) is 5.73 Å². The van der Waals surface area contributed by atoms with Crippen molar-refractivity contribution in [3.8, 4) is 0 Å². The van der Waals surface area contributed by atoms with Crippen LogP contribution in [0.1, 0.15) is 60.0 Å². The van der Waals surface area contributed by atoms with Gasteiger partial charge in [-0.25, -0.2) is 0 Å². The van der Waals surface area contributed by atoms with Gasteiger partial charge in [0.15, 0.2) is 0 Å². The second-order valence-electron chi connectivity index (χ2n) is 6.39. The van der Waals surface area contributed by atoms with Crippen LogP contribution in [0.5, 0.6) is 0 Å². The van der Waals surface area contributed by atoms with Crippen LogP contribution in [0.25, 0.3) is 0 Å². The monoisotopic (exact) mass is 281 g/mol. The Labute approximate surface area is 129 Å². The predicted molar refractivity (Wildman–Crippen MR) is 91.7 cm³/mol. The molecule has 112 valence electrons. The zero-order valence-corrected chi connectivity index (χ0v) is 13.7. The number of hydrogen-bond acceptors (Lipinski definition) is 1. The Hall–Kier alpha value is -1.60. The summed E-state index contributed by atoms with van der Waals surface area (Å²) in [4.78, 5) is 0. The van der Waals surface area contributed by atoms with Crippen molar-refractivity contribution in [3.63, 3.8) is 0 Å². The number of hydrogen-bond donors (Lipinski definition) is 1. The van der Waals surface area contributed by atoms with E-state index in [0.29, 0.717) is 5.92 Å². The average molecular weight is 281 g/mol. The molecular formula is C20H27N. The maximum atomic E-state index is 6.34. The van der Waals surface area contributed by atoms with Crippen molar-refractivity contribution in [1.82, 2.24) is 0 Å². The minimum absolute atomic E-state index is 0.120. The molecule has 2 aromatic carbocycles. The second kappa shape index (κ2) is 6.91. The van der Waals surface area contributed by atoms with Crippen LogP contribution in [0.3, 0.4) is 0 Å². The lowest BCUT2D eigenvalue weighted by Gasteiger charge is -2.14. The van der Waals surface area contributed by atoms with Gasteiger partial charge in [-0.1, -0.05) is 56.3 Å². The van der Waals surface area contributed by atoms with Gasteiger partial charge in [0.2, 0.25) is 0 Å². The molecule has 1 heteroatoms. The Morgan fingerprint density at radius 2 is 1.48 bits per heavy atom. The Kier molecular flexibility index (Phi) is 5.19. The van der Waals surface area contributed by atoms with Crippen molar-refractivity contribution in [3.05, 3.63) is 70.3 Å². The van der Waals surface area contributed by atoms with Crippen molar-refractivity contribution in [2.24, 2.45) is 5.73 Å². The maximum Gasteiger partial charge on any atom is 0.0298 e. The molecule has 2 N–H and O–H groups in total. The average Bonchev–Trinajstić information content (AvgIpc) is 2.48. The standard InChI is InChI=1S/C20H27N/c1-14(2)18-10-6-17(7-11-18)8-12-20(21)19-9-5-15(3)16(4)13-19/h5-7,9-11,13-14,20H,8,12,21H2,1-4H3. The first-order valence-corrected chi connectivity index (χ1v) is 7.89. The zero-order valence-electron chi connectivity index (χ0n) is 13.7. The first-order chi connectivity index (χ1) is 9.97. The van der Waals surface area contributed by atoms with Crippen LogP contribution in [0, 0.1) is 13.8 Å². The van der Waals surface area contributed by atoms with E-state index >= 15 is 0 Å². The Balaban J connectivity index is 1.97. The van der Waals surface area contributed by atoms with Crippen molar-refractivity contribution >= 4 is 0 Å². The highest BCUT2D eigenvalue weighted by Gasteiger charge is 2.08. The van der Waals surface area contributed by atoms with Crippen LogP contribution in [-0.2, 0) is 6.42 Å². The van der Waals surface area contributed by atoms with E-state index < -0.39 is 0 Å². The third-order valence-electron chi connectivity index (χ3n) is 4.35. The lowest BCUT2D eigenvalue weighted by atomic mass is 9.95. The first-order valence-electron chi connectivity index (χ1n) is 7.89. The van der Waals surface area contributed by atoms with E-state index in [1.165, 1.54) is 27.8 Å². The summed E-state index contributed by atoms with van der Waals surface area (Å²) in [6, 6.07) is 15.6. The molecule has 0 aromatic heterocycles. The minimum atomic E-state index is 0.120. The molecule has 0 amide bonds. The summed E-state index contributed by atoms with van der Waals surface area (Å²) < 4.78 is 0. The molecule has 1 atom stereocenters. The van der Waals surface area contributed by atoms with Gasteiger partial charge in [-0.05, 0) is 60.4 Å². The van der Waals surface area contributed by atoms with E-state index in [-0.39, 0.29) is 6.04 Å². The highest BCUT2D eigenvalue weighted by Crippen LogP contribution is 2.21. The van der Waals surface area contributed by atoms with Crippen LogP contribution in [0.2, 0.25) is 0 Å². The number of rotatable bonds is 5. The molecule has 21 heavy (non-hydrogen) atoms. The predicted octanol–water partition coefficient (Wildman–Crippen LogP) is 5.06. The number of aryl methyl sites for hydroxylation is 3. The molecule has 1 nitrogen and oxygen atoms in total. The third-order valence-corrected chi connectivity index (χ3v) is 4.35. The summed E-state index contributed by atoms with van der Waals surface area (Å²) in [5.74, 6) is 0.594. The summed E-state index contributed by atoms with van der Waals surface area (Å²) in [5, 5.41) is 0. The van der Waals surface area contributed by atoms with Crippen LogP contribution in [-0.4, -0.2) is 0 Å². The van der Waals surface area contributed by atoms with Gasteiger partial charge in [-0.15, -0.1) is 0 Å². The summed E-state index contributed by atoms with van der Waals surface area (Å²) >= 11 is 0. The van der Waals surface area contributed by atoms with E-state index in [1.54, 1.807) is 0 Å². The van der Waals surface area contributed by atoms with Crippen molar-refractivity contribution in [2.75, 3.05) is 0 Å². The SMILES string of the molecule is Cc1ccc(C(N)CCc2ccc(C(C)C)cc2)cc1C. The van der Waals surface area contributed by atoms with Crippen LogP contribution in [0.4, 0.5) is 0 Å². The highest BCUT2D eigenvalue weighted by atomic mass is 14.6. The molecule has 0 fully saturated rings. The number of benzene rings is 2. The van der Waals surface area contributed by atoms with Gasteiger partial charge in [0.1, 0.15) is 0 Å². The fourth-order valence-corrected chi connectivity index (χ4v) is 2.55.